The predicted octanol–water partition coefficient (Wildman–Crippen LogP) is 2.10. The third-order valence-corrected chi connectivity index (χ3v) is 3.90. The summed E-state index contributed by atoms with van der Waals surface area (Å²) in [5, 5.41) is 12.9. The molecule has 0 radical (unpaired) electrons. The summed E-state index contributed by atoms with van der Waals surface area (Å²) < 4.78 is 11.4. The monoisotopic (exact) mass is 273 g/mol. The number of rotatable bonds is 8. The minimum atomic E-state index is -0.247. The van der Waals surface area contributed by atoms with E-state index < -0.39 is 0 Å². The van der Waals surface area contributed by atoms with Gasteiger partial charge in [-0.25, -0.2) is 0 Å². The number of hydrogen-bond acceptors (Lipinski definition) is 4. The highest BCUT2D eigenvalue weighted by atomic mass is 16.5. The minimum absolute atomic E-state index is 0.139. The summed E-state index contributed by atoms with van der Waals surface area (Å²) in [5.74, 6) is 0. The van der Waals surface area contributed by atoms with Crippen LogP contribution < -0.4 is 5.32 Å². The minimum Gasteiger partial charge on any atom is -0.394 e. The fourth-order valence-corrected chi connectivity index (χ4v) is 2.81. The molecule has 2 N–H and O–H groups in total. The van der Waals surface area contributed by atoms with E-state index >= 15 is 0 Å². The van der Waals surface area contributed by atoms with E-state index in [9.17, 15) is 5.11 Å². The first kappa shape index (κ1) is 16.9. The quantitative estimate of drug-likeness (QED) is 0.711. The molecule has 114 valence electrons. The van der Waals surface area contributed by atoms with Gasteiger partial charge in [-0.2, -0.15) is 0 Å². The Labute approximate surface area is 117 Å². The first-order chi connectivity index (χ1) is 8.99. The lowest BCUT2D eigenvalue weighted by Crippen LogP contribution is -2.50. The van der Waals surface area contributed by atoms with Gasteiger partial charge in [0.15, 0.2) is 0 Å². The first-order valence-electron chi connectivity index (χ1n) is 7.52. The van der Waals surface area contributed by atoms with Crippen molar-refractivity contribution in [3.05, 3.63) is 0 Å². The Kier molecular flexibility index (Phi) is 7.29. The van der Waals surface area contributed by atoms with Crippen LogP contribution in [-0.4, -0.2) is 49.2 Å². The van der Waals surface area contributed by atoms with Crippen molar-refractivity contribution in [1.29, 1.82) is 0 Å². The molecular weight excluding hydrogens is 242 g/mol. The molecule has 4 nitrogen and oxygen atoms in total. The zero-order valence-electron chi connectivity index (χ0n) is 12.9. The lowest BCUT2D eigenvalue weighted by molar-refractivity contribution is -0.0366. The molecule has 0 aromatic rings. The topological polar surface area (TPSA) is 50.7 Å². The molecule has 1 rings (SSSR count). The summed E-state index contributed by atoms with van der Waals surface area (Å²) >= 11 is 0. The number of nitrogens with one attached hydrogen (secondary N) is 1. The summed E-state index contributed by atoms with van der Waals surface area (Å²) in [6.07, 6.45) is 5.98. The molecule has 0 saturated heterocycles. The number of aliphatic hydroxyl groups excluding tert-OH is 1. The van der Waals surface area contributed by atoms with Gasteiger partial charge in [0.05, 0.1) is 18.8 Å². The first-order valence-corrected chi connectivity index (χ1v) is 7.52. The van der Waals surface area contributed by atoms with Crippen molar-refractivity contribution in [2.75, 3.05) is 20.3 Å². The highest BCUT2D eigenvalue weighted by Gasteiger charge is 2.26. The molecule has 0 aliphatic heterocycles. The summed E-state index contributed by atoms with van der Waals surface area (Å²) in [7, 11) is 1.78. The summed E-state index contributed by atoms with van der Waals surface area (Å²) in [4.78, 5) is 0. The second-order valence-corrected chi connectivity index (χ2v) is 6.28. The van der Waals surface area contributed by atoms with E-state index in [-0.39, 0.29) is 12.1 Å². The Morgan fingerprint density at radius 2 is 2.00 bits per heavy atom. The third kappa shape index (κ3) is 6.21. The normalized spacial score (nSPS) is 27.5. The fraction of sp³-hybridized carbons (Fsp3) is 1.00. The van der Waals surface area contributed by atoms with Crippen LogP contribution >= 0.6 is 0 Å². The van der Waals surface area contributed by atoms with Crippen molar-refractivity contribution in [1.82, 2.24) is 5.32 Å². The van der Waals surface area contributed by atoms with Crippen LogP contribution in [-0.2, 0) is 9.47 Å². The van der Waals surface area contributed by atoms with E-state index in [4.69, 9.17) is 9.47 Å². The van der Waals surface area contributed by atoms with Gasteiger partial charge in [0.25, 0.3) is 0 Å². The predicted molar refractivity (Wildman–Crippen MR) is 77.4 cm³/mol. The van der Waals surface area contributed by atoms with Gasteiger partial charge in [-0.15, -0.1) is 0 Å². The number of methoxy groups -OCH3 is 1. The van der Waals surface area contributed by atoms with E-state index in [0.717, 1.165) is 25.7 Å². The largest absolute Gasteiger partial charge is 0.394 e. The molecule has 3 unspecified atom stereocenters. The average molecular weight is 273 g/mol. The second-order valence-electron chi connectivity index (χ2n) is 6.28. The van der Waals surface area contributed by atoms with E-state index in [0.29, 0.717) is 24.9 Å². The summed E-state index contributed by atoms with van der Waals surface area (Å²) in [5.41, 5.74) is -0.247. The molecule has 1 fully saturated rings. The Balaban J connectivity index is 2.28. The molecule has 0 amide bonds. The lowest BCUT2D eigenvalue weighted by Gasteiger charge is -2.33. The fourth-order valence-electron chi connectivity index (χ4n) is 2.81. The van der Waals surface area contributed by atoms with Crippen molar-refractivity contribution in [2.24, 2.45) is 0 Å². The Bertz CT molecular complexity index is 248. The highest BCUT2D eigenvalue weighted by molar-refractivity contribution is 4.84. The van der Waals surface area contributed by atoms with Gasteiger partial charge < -0.3 is 19.9 Å². The second kappa shape index (κ2) is 8.20. The molecule has 3 atom stereocenters. The zero-order valence-corrected chi connectivity index (χ0v) is 12.9. The molecule has 1 saturated carbocycles. The highest BCUT2D eigenvalue weighted by Crippen LogP contribution is 2.23. The molecule has 0 spiro atoms. The molecule has 4 heteroatoms. The van der Waals surface area contributed by atoms with Gasteiger partial charge in [0, 0.05) is 25.3 Å². The molecule has 0 heterocycles. The standard InChI is InChI=1S/C15H31NO3/c1-12(2)16-15(3,11-17)8-9-19-14-7-5-6-13(10-14)18-4/h12-14,16-17H,5-11H2,1-4H3. The molecule has 0 aromatic carbocycles. The van der Waals surface area contributed by atoms with Gasteiger partial charge in [-0.3, -0.25) is 0 Å². The molecule has 1 aliphatic rings. The number of aliphatic hydroxyl groups is 1. The maximum Gasteiger partial charge on any atom is 0.0611 e. The van der Waals surface area contributed by atoms with Crippen molar-refractivity contribution < 1.29 is 14.6 Å². The Morgan fingerprint density at radius 1 is 1.32 bits per heavy atom. The lowest BCUT2D eigenvalue weighted by atomic mass is 9.94. The number of hydrogen-bond donors (Lipinski definition) is 2. The summed E-state index contributed by atoms with van der Waals surface area (Å²) in [6, 6.07) is 0.365. The van der Waals surface area contributed by atoms with Gasteiger partial charge in [0.1, 0.15) is 0 Å². The van der Waals surface area contributed by atoms with Crippen LogP contribution in [0.1, 0.15) is 52.9 Å². The van der Waals surface area contributed by atoms with Crippen LogP contribution in [0.4, 0.5) is 0 Å². The third-order valence-electron chi connectivity index (χ3n) is 3.90. The SMILES string of the molecule is COC1CCCC(OCCC(C)(CO)NC(C)C)C1. The van der Waals surface area contributed by atoms with E-state index in [1.165, 1.54) is 6.42 Å². The van der Waals surface area contributed by atoms with Crippen molar-refractivity contribution in [2.45, 2.75) is 76.7 Å². The van der Waals surface area contributed by atoms with Crippen molar-refractivity contribution >= 4 is 0 Å². The van der Waals surface area contributed by atoms with Crippen LogP contribution in [0.2, 0.25) is 0 Å². The molecule has 1 aliphatic carbocycles. The average Bonchev–Trinajstić information content (AvgIpc) is 2.38. The molecule has 19 heavy (non-hydrogen) atoms. The molecule has 0 bridgehead atoms. The Hall–Kier alpha value is -0.160. The van der Waals surface area contributed by atoms with Crippen molar-refractivity contribution in [3.63, 3.8) is 0 Å². The van der Waals surface area contributed by atoms with Gasteiger partial charge in [-0.1, -0.05) is 13.8 Å². The maximum absolute atomic E-state index is 9.51. The van der Waals surface area contributed by atoms with Gasteiger partial charge >= 0.3 is 0 Å². The maximum atomic E-state index is 9.51. The summed E-state index contributed by atoms with van der Waals surface area (Å²) in [6.45, 7) is 7.07. The van der Waals surface area contributed by atoms with Gasteiger partial charge in [-0.05, 0) is 39.0 Å². The zero-order chi connectivity index (χ0) is 14.3. The van der Waals surface area contributed by atoms with E-state index in [1.807, 2.05) is 0 Å². The van der Waals surface area contributed by atoms with Crippen LogP contribution in [0.25, 0.3) is 0 Å². The number of ether oxygens (including phenoxy) is 2. The van der Waals surface area contributed by atoms with Crippen LogP contribution in [0.3, 0.4) is 0 Å². The van der Waals surface area contributed by atoms with E-state index in [2.05, 4.69) is 26.1 Å². The van der Waals surface area contributed by atoms with Crippen LogP contribution in [0.15, 0.2) is 0 Å². The Morgan fingerprint density at radius 3 is 2.58 bits per heavy atom. The van der Waals surface area contributed by atoms with Crippen LogP contribution in [0, 0.1) is 0 Å². The molecular formula is C15H31NO3. The van der Waals surface area contributed by atoms with Crippen LogP contribution in [0.5, 0.6) is 0 Å². The van der Waals surface area contributed by atoms with E-state index in [1.54, 1.807) is 7.11 Å². The van der Waals surface area contributed by atoms with Gasteiger partial charge in [0.2, 0.25) is 0 Å². The smallest absolute Gasteiger partial charge is 0.0611 e. The van der Waals surface area contributed by atoms with Crippen molar-refractivity contribution in [3.8, 4) is 0 Å². The molecule has 0 aromatic heterocycles.